The van der Waals surface area contributed by atoms with Gasteiger partial charge in [0, 0.05) is 19.6 Å². The highest BCUT2D eigenvalue weighted by Crippen LogP contribution is 2.16. The van der Waals surface area contributed by atoms with Crippen molar-refractivity contribution in [2.75, 3.05) is 26.3 Å². The predicted molar refractivity (Wildman–Crippen MR) is 97.8 cm³/mol. The van der Waals surface area contributed by atoms with Crippen molar-refractivity contribution in [2.45, 2.75) is 13.1 Å². The lowest BCUT2D eigenvalue weighted by atomic mass is 10.2. The number of hydrogen-bond donors (Lipinski definition) is 2. The molecule has 0 saturated carbocycles. The minimum Gasteiger partial charge on any atom is -0.457 e. The summed E-state index contributed by atoms with van der Waals surface area (Å²) in [5, 5.41) is 11.1. The molecule has 0 radical (unpaired) electrons. The van der Waals surface area contributed by atoms with Crippen LogP contribution < -0.4 is 5.32 Å². The summed E-state index contributed by atoms with van der Waals surface area (Å²) < 4.78 is 80.9. The Labute approximate surface area is 178 Å². The molecule has 0 atom stereocenters. The predicted octanol–water partition coefficient (Wildman–Crippen LogP) is 2.18. The number of aliphatic hydroxyl groups excluding tert-OH is 1. The smallest absolute Gasteiger partial charge is 0.397 e. The second kappa shape index (κ2) is 11.5. The zero-order valence-corrected chi connectivity index (χ0v) is 16.4. The summed E-state index contributed by atoms with van der Waals surface area (Å²) in [6.07, 6.45) is 0. The first-order valence-corrected chi connectivity index (χ1v) is 9.18. The fraction of sp³-hybridized carbons (Fsp3) is 0.300. The molecule has 32 heavy (non-hydrogen) atoms. The van der Waals surface area contributed by atoms with E-state index in [1.165, 1.54) is 0 Å². The van der Waals surface area contributed by atoms with E-state index in [1.807, 2.05) is 0 Å². The number of amides is 1. The van der Waals surface area contributed by atoms with E-state index in [1.54, 1.807) is 0 Å². The molecular weight excluding hydrogens is 446 g/mol. The van der Waals surface area contributed by atoms with Crippen molar-refractivity contribution >= 4 is 11.9 Å². The minimum absolute atomic E-state index is 0.0245. The maximum atomic E-state index is 13.0. The lowest BCUT2D eigenvalue weighted by Gasteiger charge is -2.25. The number of halogens is 6. The Bertz CT molecular complexity index is 943. The summed E-state index contributed by atoms with van der Waals surface area (Å²) in [5.41, 5.74) is 0.365. The van der Waals surface area contributed by atoms with E-state index in [4.69, 9.17) is 5.11 Å². The van der Waals surface area contributed by atoms with E-state index in [0.29, 0.717) is 12.1 Å². The molecule has 6 nitrogen and oxygen atoms in total. The van der Waals surface area contributed by atoms with Crippen molar-refractivity contribution in [2.24, 2.45) is 0 Å². The highest BCUT2D eigenvalue weighted by atomic mass is 19.2. The summed E-state index contributed by atoms with van der Waals surface area (Å²) in [7, 11) is 0. The first-order valence-electron chi connectivity index (χ1n) is 9.18. The Hall–Kier alpha value is -3.12. The Kier molecular flexibility index (Phi) is 9.02. The van der Waals surface area contributed by atoms with Crippen molar-refractivity contribution in [3.63, 3.8) is 0 Å². The van der Waals surface area contributed by atoms with Crippen LogP contribution >= 0.6 is 0 Å². The maximum absolute atomic E-state index is 13.0. The van der Waals surface area contributed by atoms with Crippen LogP contribution in [0.1, 0.15) is 11.1 Å². The Morgan fingerprint density at radius 1 is 0.875 bits per heavy atom. The van der Waals surface area contributed by atoms with Crippen LogP contribution in [-0.4, -0.2) is 48.2 Å². The molecule has 2 aromatic carbocycles. The van der Waals surface area contributed by atoms with Crippen LogP contribution in [0.2, 0.25) is 0 Å². The summed E-state index contributed by atoms with van der Waals surface area (Å²) in [4.78, 5) is 23.4. The van der Waals surface area contributed by atoms with E-state index in [9.17, 15) is 35.9 Å². The molecule has 1 fully saturated rings. The number of rotatable bonds is 6. The van der Waals surface area contributed by atoms with Crippen molar-refractivity contribution in [1.82, 2.24) is 10.2 Å². The highest BCUT2D eigenvalue weighted by Gasteiger charge is 2.28. The van der Waals surface area contributed by atoms with Gasteiger partial charge in [-0.05, 0) is 35.4 Å². The third kappa shape index (κ3) is 6.69. The number of benzene rings is 2. The van der Waals surface area contributed by atoms with Crippen LogP contribution in [0.4, 0.5) is 26.3 Å². The van der Waals surface area contributed by atoms with Gasteiger partial charge in [0.2, 0.25) is 0 Å². The minimum atomic E-state index is -1.57. The molecule has 1 aliphatic rings. The molecule has 2 aromatic rings. The SMILES string of the molecule is O=C1OCCN(Cc2cc(F)c(F)c(F)c2)C1=O.OCCNCc1cc(F)c(F)c(F)c1. The van der Waals surface area contributed by atoms with Gasteiger partial charge in [0.25, 0.3) is 0 Å². The van der Waals surface area contributed by atoms with E-state index < -0.39 is 46.8 Å². The van der Waals surface area contributed by atoms with E-state index in [-0.39, 0.29) is 38.4 Å². The number of carbonyl (C=O) groups is 2. The number of nitrogens with one attached hydrogen (secondary N) is 1. The van der Waals surface area contributed by atoms with E-state index in [0.717, 1.165) is 29.2 Å². The Morgan fingerprint density at radius 3 is 1.88 bits per heavy atom. The van der Waals surface area contributed by atoms with Gasteiger partial charge in [0.15, 0.2) is 34.9 Å². The second-order valence-electron chi connectivity index (χ2n) is 6.51. The largest absolute Gasteiger partial charge is 0.457 e. The molecule has 1 saturated heterocycles. The van der Waals surface area contributed by atoms with E-state index in [2.05, 4.69) is 10.1 Å². The van der Waals surface area contributed by atoms with Gasteiger partial charge in [-0.1, -0.05) is 0 Å². The van der Waals surface area contributed by atoms with Gasteiger partial charge in [-0.2, -0.15) is 0 Å². The van der Waals surface area contributed by atoms with Crippen molar-refractivity contribution in [3.05, 3.63) is 70.3 Å². The molecule has 174 valence electrons. The van der Waals surface area contributed by atoms with Gasteiger partial charge >= 0.3 is 11.9 Å². The van der Waals surface area contributed by atoms with Crippen LogP contribution in [0.25, 0.3) is 0 Å². The van der Waals surface area contributed by atoms with Gasteiger partial charge in [0.1, 0.15) is 6.61 Å². The number of esters is 1. The Morgan fingerprint density at radius 2 is 1.38 bits per heavy atom. The second-order valence-corrected chi connectivity index (χ2v) is 6.51. The molecule has 1 aliphatic heterocycles. The molecule has 2 N–H and O–H groups in total. The molecule has 1 amide bonds. The number of cyclic esters (lactones) is 1. The lowest BCUT2D eigenvalue weighted by molar-refractivity contribution is -0.166. The number of morpholine rings is 1. The molecule has 0 aromatic heterocycles. The van der Waals surface area contributed by atoms with Crippen LogP contribution in [0.15, 0.2) is 24.3 Å². The molecule has 0 aliphatic carbocycles. The summed E-state index contributed by atoms with van der Waals surface area (Å²) in [6.45, 7) is 0.422. The number of carbonyl (C=O) groups excluding carboxylic acids is 2. The lowest BCUT2D eigenvalue weighted by Crippen LogP contribution is -2.44. The van der Waals surface area contributed by atoms with Gasteiger partial charge in [0.05, 0.1) is 13.2 Å². The average molecular weight is 464 g/mol. The number of nitrogens with zero attached hydrogens (tertiary/aromatic N) is 1. The first-order chi connectivity index (χ1) is 15.1. The topological polar surface area (TPSA) is 78.9 Å². The quantitative estimate of drug-likeness (QED) is 0.225. The van der Waals surface area contributed by atoms with Crippen molar-refractivity contribution < 1.29 is 45.8 Å². The number of ether oxygens (including phenoxy) is 1. The zero-order valence-electron chi connectivity index (χ0n) is 16.4. The fourth-order valence-electron chi connectivity index (χ4n) is 2.63. The van der Waals surface area contributed by atoms with E-state index >= 15 is 0 Å². The number of aliphatic hydroxyl groups is 1. The normalized spacial score (nSPS) is 13.5. The molecule has 3 rings (SSSR count). The summed E-state index contributed by atoms with van der Waals surface area (Å²) >= 11 is 0. The molecule has 12 heteroatoms. The molecule has 0 unspecified atom stereocenters. The van der Waals surface area contributed by atoms with Gasteiger partial charge < -0.3 is 20.1 Å². The third-order valence-electron chi connectivity index (χ3n) is 4.13. The highest BCUT2D eigenvalue weighted by molar-refractivity contribution is 6.32. The number of hydrogen-bond acceptors (Lipinski definition) is 5. The van der Waals surface area contributed by atoms with Crippen LogP contribution in [0.5, 0.6) is 0 Å². The first kappa shape index (κ1) is 25.1. The fourth-order valence-corrected chi connectivity index (χ4v) is 2.63. The van der Waals surface area contributed by atoms with Gasteiger partial charge in [-0.3, -0.25) is 4.79 Å². The van der Waals surface area contributed by atoms with Crippen molar-refractivity contribution in [1.29, 1.82) is 0 Å². The molecule has 0 spiro atoms. The standard InChI is InChI=1S/C11H8F3NO3.C9H10F3NO/c12-7-3-6(4-8(13)9(7)14)5-15-1-2-18-11(17)10(15)16;10-7-3-6(5-13-1-2-14)4-8(11)9(7)12/h3-4H,1-2,5H2;3-4,13-14H,1-2,5H2. The Balaban J connectivity index is 0.000000235. The van der Waals surface area contributed by atoms with Gasteiger partial charge in [-0.15, -0.1) is 0 Å². The maximum Gasteiger partial charge on any atom is 0.397 e. The monoisotopic (exact) mass is 464 g/mol. The molecule has 1 heterocycles. The van der Waals surface area contributed by atoms with Crippen LogP contribution in [0, 0.1) is 34.9 Å². The zero-order chi connectivity index (χ0) is 23.8. The van der Waals surface area contributed by atoms with Gasteiger partial charge in [-0.25, -0.2) is 31.1 Å². The van der Waals surface area contributed by atoms with Crippen molar-refractivity contribution in [3.8, 4) is 0 Å². The molecular formula is C20H18F6N2O4. The molecule has 0 bridgehead atoms. The summed E-state index contributed by atoms with van der Waals surface area (Å²) in [5.74, 6) is -10.00. The third-order valence-corrected chi connectivity index (χ3v) is 4.13. The average Bonchev–Trinajstić information content (AvgIpc) is 2.74. The van der Waals surface area contributed by atoms with Crippen LogP contribution in [-0.2, 0) is 27.4 Å². The van der Waals surface area contributed by atoms with Crippen LogP contribution in [0.3, 0.4) is 0 Å². The summed E-state index contributed by atoms with van der Waals surface area (Å²) in [6, 6.07) is 3.41.